The van der Waals surface area contributed by atoms with Gasteiger partial charge in [0.1, 0.15) is 6.61 Å². The highest BCUT2D eigenvalue weighted by Crippen LogP contribution is 2.35. The van der Waals surface area contributed by atoms with Crippen LogP contribution in [0.25, 0.3) is 16.8 Å². The number of ether oxygens (including phenoxy) is 3. The van der Waals surface area contributed by atoms with Gasteiger partial charge < -0.3 is 14.2 Å². The molecule has 0 radical (unpaired) electrons. The molecule has 0 atom stereocenters. The van der Waals surface area contributed by atoms with Crippen LogP contribution in [0.2, 0.25) is 0 Å². The van der Waals surface area contributed by atoms with Crippen LogP contribution in [0.3, 0.4) is 0 Å². The van der Waals surface area contributed by atoms with E-state index in [0.717, 1.165) is 11.1 Å². The van der Waals surface area contributed by atoms with Crippen LogP contribution in [0, 0.1) is 0 Å². The molecule has 7 nitrogen and oxygen atoms in total. The van der Waals surface area contributed by atoms with Gasteiger partial charge in [-0.05, 0) is 89.1 Å². The third-order valence-electron chi connectivity index (χ3n) is 6.29. The van der Waals surface area contributed by atoms with E-state index in [1.807, 2.05) is 43.3 Å². The number of likely N-dealkylation sites (N-methyl/N-ethyl adjacent to an activating group) is 1. The first-order valence-electron chi connectivity index (χ1n) is 12.8. The number of nitrogens with zero attached hydrogens (tertiary/aromatic N) is 2. The van der Waals surface area contributed by atoms with Gasteiger partial charge >= 0.3 is 5.97 Å². The van der Waals surface area contributed by atoms with Gasteiger partial charge in [-0.2, -0.15) is 0 Å². The quantitative estimate of drug-likeness (QED) is 0.176. The van der Waals surface area contributed by atoms with Crippen LogP contribution in [0.15, 0.2) is 94.8 Å². The number of hydrogen-bond donors (Lipinski definition) is 0. The molecule has 202 valence electrons. The number of rotatable bonds is 8. The number of aliphatic imine (C=N–C) groups is 1. The Morgan fingerprint density at radius 2 is 1.70 bits per heavy atom. The summed E-state index contributed by atoms with van der Waals surface area (Å²) in [5.74, 6) is 0.686. The summed E-state index contributed by atoms with van der Waals surface area (Å²) in [5.41, 5.74) is 2.94. The molecule has 1 aliphatic heterocycles. The van der Waals surface area contributed by atoms with E-state index in [4.69, 9.17) is 14.2 Å². The molecule has 0 aromatic heterocycles. The maximum atomic E-state index is 13.0. The van der Waals surface area contributed by atoms with Gasteiger partial charge in [-0.1, -0.05) is 42.5 Å². The summed E-state index contributed by atoms with van der Waals surface area (Å²) in [6, 6.07) is 26.9. The highest BCUT2D eigenvalue weighted by molar-refractivity contribution is 8.18. The van der Waals surface area contributed by atoms with Gasteiger partial charge in [-0.25, -0.2) is 9.79 Å². The van der Waals surface area contributed by atoms with Crippen molar-refractivity contribution >= 4 is 51.3 Å². The number of amidine groups is 1. The van der Waals surface area contributed by atoms with Gasteiger partial charge in [0.05, 0.1) is 29.9 Å². The first-order valence-corrected chi connectivity index (χ1v) is 13.6. The van der Waals surface area contributed by atoms with E-state index in [1.165, 1.54) is 34.5 Å². The number of carbonyl (C=O) groups is 2. The Morgan fingerprint density at radius 3 is 2.45 bits per heavy atom. The van der Waals surface area contributed by atoms with Gasteiger partial charge in [0, 0.05) is 7.05 Å². The lowest BCUT2D eigenvalue weighted by atomic mass is 10.1. The molecule has 5 rings (SSSR count). The lowest BCUT2D eigenvalue weighted by Gasteiger charge is -2.13. The highest BCUT2D eigenvalue weighted by atomic mass is 32.2. The Labute approximate surface area is 237 Å². The van der Waals surface area contributed by atoms with Gasteiger partial charge in [0.2, 0.25) is 0 Å². The van der Waals surface area contributed by atoms with Crippen molar-refractivity contribution < 1.29 is 23.8 Å². The number of thioether (sulfide) groups is 1. The molecular formula is C32H28N2O5S. The van der Waals surface area contributed by atoms with Crippen LogP contribution < -0.4 is 9.47 Å². The van der Waals surface area contributed by atoms with E-state index in [9.17, 15) is 9.59 Å². The molecule has 4 aromatic rings. The zero-order chi connectivity index (χ0) is 28.1. The average molecular weight is 553 g/mol. The molecule has 0 unspecified atom stereocenters. The van der Waals surface area contributed by atoms with Crippen molar-refractivity contribution in [3.05, 3.63) is 107 Å². The molecule has 1 fully saturated rings. The summed E-state index contributed by atoms with van der Waals surface area (Å²) in [7, 11) is 3.03. The zero-order valence-corrected chi connectivity index (χ0v) is 23.2. The first kappa shape index (κ1) is 27.0. The Bertz CT molecular complexity index is 1630. The molecule has 8 heteroatoms. The summed E-state index contributed by atoms with van der Waals surface area (Å²) in [6.07, 6.45) is 1.82. The molecule has 1 aliphatic rings. The van der Waals surface area contributed by atoms with Crippen LogP contribution in [0.4, 0.5) is 5.69 Å². The van der Waals surface area contributed by atoms with Gasteiger partial charge in [-0.15, -0.1) is 0 Å². The summed E-state index contributed by atoms with van der Waals surface area (Å²) >= 11 is 1.29. The predicted molar refractivity (Wildman–Crippen MR) is 159 cm³/mol. The number of benzene rings is 4. The summed E-state index contributed by atoms with van der Waals surface area (Å²) in [6.45, 7) is 2.81. The van der Waals surface area contributed by atoms with E-state index >= 15 is 0 Å². The van der Waals surface area contributed by atoms with Crippen molar-refractivity contribution in [3.63, 3.8) is 0 Å². The van der Waals surface area contributed by atoms with Gasteiger partial charge in [0.15, 0.2) is 16.7 Å². The second kappa shape index (κ2) is 12.1. The minimum absolute atomic E-state index is 0.149. The third-order valence-corrected chi connectivity index (χ3v) is 7.35. The SMILES string of the molecule is CCOc1cc(/C=C2/SC(=Nc3ccc(C(=O)OC)cc3)N(C)C2=O)ccc1OCc1ccc2ccccc2c1. The van der Waals surface area contributed by atoms with Crippen LogP contribution >= 0.6 is 11.8 Å². The van der Waals surface area contributed by atoms with E-state index < -0.39 is 5.97 Å². The van der Waals surface area contributed by atoms with E-state index in [1.54, 1.807) is 31.3 Å². The molecule has 0 N–H and O–H groups in total. The van der Waals surface area contributed by atoms with Crippen molar-refractivity contribution in [2.45, 2.75) is 13.5 Å². The minimum Gasteiger partial charge on any atom is -0.490 e. The maximum absolute atomic E-state index is 13.0. The minimum atomic E-state index is -0.413. The monoisotopic (exact) mass is 552 g/mol. The van der Waals surface area contributed by atoms with E-state index in [2.05, 4.69) is 35.3 Å². The fourth-order valence-electron chi connectivity index (χ4n) is 4.19. The number of fused-ring (bicyclic) bond motifs is 1. The molecule has 0 bridgehead atoms. The average Bonchev–Trinajstić information content (AvgIpc) is 3.24. The van der Waals surface area contributed by atoms with Crippen molar-refractivity contribution in [2.75, 3.05) is 20.8 Å². The summed E-state index contributed by atoms with van der Waals surface area (Å²) < 4.78 is 16.7. The van der Waals surface area contributed by atoms with Crippen molar-refractivity contribution in [1.29, 1.82) is 0 Å². The smallest absolute Gasteiger partial charge is 0.337 e. The molecule has 4 aromatic carbocycles. The largest absolute Gasteiger partial charge is 0.490 e. The van der Waals surface area contributed by atoms with Crippen molar-refractivity contribution in [2.24, 2.45) is 4.99 Å². The number of amides is 1. The van der Waals surface area contributed by atoms with E-state index in [-0.39, 0.29) is 5.91 Å². The highest BCUT2D eigenvalue weighted by Gasteiger charge is 2.30. The van der Waals surface area contributed by atoms with Crippen molar-refractivity contribution in [3.8, 4) is 11.5 Å². The van der Waals surface area contributed by atoms with Crippen LogP contribution in [0.1, 0.15) is 28.4 Å². The zero-order valence-electron chi connectivity index (χ0n) is 22.4. The Morgan fingerprint density at radius 1 is 0.925 bits per heavy atom. The fourth-order valence-corrected chi connectivity index (χ4v) is 5.18. The second-order valence-electron chi connectivity index (χ2n) is 9.02. The van der Waals surface area contributed by atoms with Gasteiger partial charge in [0.25, 0.3) is 5.91 Å². The molecule has 1 saturated heterocycles. The van der Waals surface area contributed by atoms with Crippen LogP contribution in [0.5, 0.6) is 11.5 Å². The molecule has 0 aliphatic carbocycles. The fraction of sp³-hybridized carbons (Fsp3) is 0.156. The third kappa shape index (κ3) is 6.02. The number of methoxy groups -OCH3 is 1. The van der Waals surface area contributed by atoms with Crippen molar-refractivity contribution in [1.82, 2.24) is 4.90 Å². The topological polar surface area (TPSA) is 77.4 Å². The standard InChI is InChI=1S/C32H28N2O5S/c1-4-38-28-18-21(10-16-27(28)39-20-22-9-11-23-7-5-6-8-25(23)17-22)19-29-30(35)34(2)32(40-29)33-26-14-12-24(13-15-26)31(36)37-3/h5-19H,4,20H2,1-3H3/b29-19+,33-32?. The van der Waals surface area contributed by atoms with Crippen LogP contribution in [-0.2, 0) is 16.1 Å². The molecule has 0 saturated carbocycles. The molecule has 0 spiro atoms. The first-order chi connectivity index (χ1) is 19.4. The Hall–Kier alpha value is -4.56. The molecule has 40 heavy (non-hydrogen) atoms. The maximum Gasteiger partial charge on any atom is 0.337 e. The normalized spacial score (nSPS) is 15.2. The summed E-state index contributed by atoms with van der Waals surface area (Å²) in [4.78, 5) is 31.3. The molecular weight excluding hydrogens is 524 g/mol. The number of carbonyl (C=O) groups excluding carboxylic acids is 2. The predicted octanol–water partition coefficient (Wildman–Crippen LogP) is 6.84. The lowest BCUT2D eigenvalue weighted by Crippen LogP contribution is -2.23. The van der Waals surface area contributed by atoms with E-state index in [0.29, 0.717) is 46.0 Å². The Balaban J connectivity index is 1.32. The Kier molecular flexibility index (Phi) is 8.17. The summed E-state index contributed by atoms with van der Waals surface area (Å²) in [5, 5.41) is 2.90. The second-order valence-corrected chi connectivity index (χ2v) is 10.0. The van der Waals surface area contributed by atoms with Gasteiger partial charge in [-0.3, -0.25) is 9.69 Å². The lowest BCUT2D eigenvalue weighted by molar-refractivity contribution is -0.121. The number of esters is 1. The molecule has 1 heterocycles. The number of hydrogen-bond acceptors (Lipinski definition) is 7. The van der Waals surface area contributed by atoms with Crippen LogP contribution in [-0.4, -0.2) is 42.7 Å². The molecule has 1 amide bonds.